The number of amides is 1. The highest BCUT2D eigenvalue weighted by Crippen LogP contribution is 2.19. The number of rotatable bonds is 5. The van der Waals surface area contributed by atoms with Gasteiger partial charge < -0.3 is 9.64 Å². The van der Waals surface area contributed by atoms with Crippen molar-refractivity contribution >= 4 is 11.5 Å². The molecule has 0 bridgehead atoms. The molecule has 0 aromatic heterocycles. The molecule has 4 nitrogen and oxygen atoms in total. The molecule has 2 heterocycles. The minimum Gasteiger partial charge on any atom is -0.368 e. The number of carbonyl (C=O) groups is 1. The Morgan fingerprint density at radius 2 is 2.00 bits per heavy atom. The quantitative estimate of drug-likeness (QED) is 0.824. The Labute approximate surface area is 151 Å². The molecule has 2 aliphatic heterocycles. The van der Waals surface area contributed by atoms with Gasteiger partial charge in [-0.2, -0.15) is 0 Å². The zero-order valence-electron chi connectivity index (χ0n) is 15.3. The van der Waals surface area contributed by atoms with Crippen molar-refractivity contribution in [2.24, 2.45) is 0 Å². The van der Waals surface area contributed by atoms with Crippen LogP contribution in [0.2, 0.25) is 0 Å². The molecular weight excluding hydrogens is 312 g/mol. The summed E-state index contributed by atoms with van der Waals surface area (Å²) < 4.78 is 5.58. The smallest absolute Gasteiger partial charge is 0.251 e. The molecule has 1 aromatic rings. The maximum absolute atomic E-state index is 12.6. The Balaban J connectivity index is 1.58. The van der Waals surface area contributed by atoms with E-state index in [4.69, 9.17) is 4.74 Å². The number of nitrogens with zero attached hydrogens (tertiary/aromatic N) is 2. The molecule has 25 heavy (non-hydrogen) atoms. The molecular formula is C21H30N2O2. The summed E-state index contributed by atoms with van der Waals surface area (Å²) in [5.74, 6) is 0.201. The third-order valence-electron chi connectivity index (χ3n) is 5.09. The van der Waals surface area contributed by atoms with Crippen molar-refractivity contribution < 1.29 is 9.53 Å². The standard InChI is InChI=1S/C21H30N2O2/c1-2-8-19(18-9-4-3-5-10-18)17-22-12-7-13-23(15-14-22)21(24)20-11-6-16-25-20/h3-5,8-10,20H,2,6-7,11-17H2,1H3/b19-8-. The van der Waals surface area contributed by atoms with Crippen LogP contribution in [0.4, 0.5) is 0 Å². The van der Waals surface area contributed by atoms with Crippen molar-refractivity contribution in [2.45, 2.75) is 38.7 Å². The summed E-state index contributed by atoms with van der Waals surface area (Å²) in [6, 6.07) is 10.6. The van der Waals surface area contributed by atoms with Crippen LogP contribution in [0.25, 0.3) is 5.57 Å². The SMILES string of the molecule is CC/C=C(/CN1CCCN(C(=O)C2CCCO2)CC1)c1ccccc1. The summed E-state index contributed by atoms with van der Waals surface area (Å²) in [7, 11) is 0. The molecule has 2 fully saturated rings. The average molecular weight is 342 g/mol. The number of allylic oxidation sites excluding steroid dienone is 1. The monoisotopic (exact) mass is 342 g/mol. The second kappa shape index (κ2) is 9.16. The van der Waals surface area contributed by atoms with Gasteiger partial charge >= 0.3 is 0 Å². The summed E-state index contributed by atoms with van der Waals surface area (Å²) in [5, 5.41) is 0. The second-order valence-corrected chi connectivity index (χ2v) is 6.96. The van der Waals surface area contributed by atoms with E-state index in [-0.39, 0.29) is 12.0 Å². The fourth-order valence-corrected chi connectivity index (χ4v) is 3.74. The highest BCUT2D eigenvalue weighted by molar-refractivity contribution is 5.81. The zero-order valence-corrected chi connectivity index (χ0v) is 15.3. The molecule has 2 saturated heterocycles. The molecule has 1 aromatic carbocycles. The summed E-state index contributed by atoms with van der Waals surface area (Å²) in [6.07, 6.45) is 6.12. The molecule has 3 rings (SSSR count). The molecule has 0 aliphatic carbocycles. The minimum absolute atomic E-state index is 0.189. The fraction of sp³-hybridized carbons (Fsp3) is 0.571. The Kier molecular flexibility index (Phi) is 6.65. The zero-order chi connectivity index (χ0) is 17.5. The van der Waals surface area contributed by atoms with Crippen molar-refractivity contribution in [3.8, 4) is 0 Å². The first kappa shape index (κ1) is 18.2. The van der Waals surface area contributed by atoms with Crippen LogP contribution in [0.1, 0.15) is 38.2 Å². The third-order valence-corrected chi connectivity index (χ3v) is 5.09. The first-order valence-electron chi connectivity index (χ1n) is 9.65. The van der Waals surface area contributed by atoms with Gasteiger partial charge in [-0.3, -0.25) is 9.69 Å². The Morgan fingerprint density at radius 3 is 2.72 bits per heavy atom. The van der Waals surface area contributed by atoms with Gasteiger partial charge in [0, 0.05) is 39.3 Å². The Morgan fingerprint density at radius 1 is 1.16 bits per heavy atom. The van der Waals surface area contributed by atoms with Gasteiger partial charge in [0.1, 0.15) is 6.10 Å². The summed E-state index contributed by atoms with van der Waals surface area (Å²) >= 11 is 0. The Hall–Kier alpha value is -1.65. The van der Waals surface area contributed by atoms with E-state index in [0.29, 0.717) is 0 Å². The maximum atomic E-state index is 12.6. The molecule has 1 unspecified atom stereocenters. The van der Waals surface area contributed by atoms with E-state index in [1.165, 1.54) is 11.1 Å². The van der Waals surface area contributed by atoms with Crippen LogP contribution < -0.4 is 0 Å². The predicted molar refractivity (Wildman–Crippen MR) is 101 cm³/mol. The van der Waals surface area contributed by atoms with Crippen LogP contribution in [0, 0.1) is 0 Å². The van der Waals surface area contributed by atoms with Crippen molar-refractivity contribution in [1.82, 2.24) is 9.80 Å². The van der Waals surface area contributed by atoms with Gasteiger partial charge in [-0.15, -0.1) is 0 Å². The van der Waals surface area contributed by atoms with Gasteiger partial charge in [-0.05, 0) is 36.8 Å². The van der Waals surface area contributed by atoms with Crippen LogP contribution >= 0.6 is 0 Å². The fourth-order valence-electron chi connectivity index (χ4n) is 3.74. The first-order valence-corrected chi connectivity index (χ1v) is 9.65. The number of hydrogen-bond donors (Lipinski definition) is 0. The normalized spacial score (nSPS) is 22.8. The first-order chi connectivity index (χ1) is 12.3. The van der Waals surface area contributed by atoms with Gasteiger partial charge in [0.25, 0.3) is 5.91 Å². The van der Waals surface area contributed by atoms with Gasteiger partial charge in [-0.1, -0.05) is 43.3 Å². The molecule has 0 spiro atoms. The molecule has 0 radical (unpaired) electrons. The van der Waals surface area contributed by atoms with Crippen LogP contribution in [-0.2, 0) is 9.53 Å². The highest BCUT2D eigenvalue weighted by atomic mass is 16.5. The van der Waals surface area contributed by atoms with Gasteiger partial charge in [0.15, 0.2) is 0 Å². The van der Waals surface area contributed by atoms with Crippen molar-refractivity contribution in [3.05, 3.63) is 42.0 Å². The lowest BCUT2D eigenvalue weighted by atomic mass is 10.0. The molecule has 2 aliphatic rings. The maximum Gasteiger partial charge on any atom is 0.251 e. The highest BCUT2D eigenvalue weighted by Gasteiger charge is 2.29. The number of ether oxygens (including phenoxy) is 1. The van der Waals surface area contributed by atoms with E-state index in [2.05, 4.69) is 48.2 Å². The van der Waals surface area contributed by atoms with Gasteiger partial charge in [0.2, 0.25) is 0 Å². The molecule has 1 amide bonds. The van der Waals surface area contributed by atoms with E-state index < -0.39 is 0 Å². The van der Waals surface area contributed by atoms with Crippen LogP contribution in [0.5, 0.6) is 0 Å². The molecule has 0 saturated carbocycles. The van der Waals surface area contributed by atoms with E-state index in [0.717, 1.165) is 65.0 Å². The van der Waals surface area contributed by atoms with Crippen LogP contribution in [-0.4, -0.2) is 61.1 Å². The van der Waals surface area contributed by atoms with E-state index in [9.17, 15) is 4.79 Å². The van der Waals surface area contributed by atoms with E-state index in [1.54, 1.807) is 0 Å². The molecule has 4 heteroatoms. The van der Waals surface area contributed by atoms with Crippen molar-refractivity contribution in [2.75, 3.05) is 39.3 Å². The van der Waals surface area contributed by atoms with Gasteiger partial charge in [0.05, 0.1) is 0 Å². The van der Waals surface area contributed by atoms with Crippen molar-refractivity contribution in [3.63, 3.8) is 0 Å². The van der Waals surface area contributed by atoms with Gasteiger partial charge in [-0.25, -0.2) is 0 Å². The summed E-state index contributed by atoms with van der Waals surface area (Å²) in [5.41, 5.74) is 2.70. The number of carbonyl (C=O) groups excluding carboxylic acids is 1. The second-order valence-electron chi connectivity index (χ2n) is 6.96. The summed E-state index contributed by atoms with van der Waals surface area (Å²) in [6.45, 7) is 7.53. The molecule has 0 N–H and O–H groups in total. The van der Waals surface area contributed by atoms with Crippen LogP contribution in [0.3, 0.4) is 0 Å². The lowest BCUT2D eigenvalue weighted by Gasteiger charge is -2.24. The number of hydrogen-bond acceptors (Lipinski definition) is 3. The average Bonchev–Trinajstić information content (AvgIpc) is 3.08. The summed E-state index contributed by atoms with van der Waals surface area (Å²) in [4.78, 5) is 17.1. The van der Waals surface area contributed by atoms with E-state index in [1.807, 2.05) is 4.90 Å². The minimum atomic E-state index is -0.189. The van der Waals surface area contributed by atoms with Crippen LogP contribution in [0.15, 0.2) is 36.4 Å². The largest absolute Gasteiger partial charge is 0.368 e. The van der Waals surface area contributed by atoms with E-state index >= 15 is 0 Å². The third kappa shape index (κ3) is 4.93. The lowest BCUT2D eigenvalue weighted by Crippen LogP contribution is -2.41. The number of benzene rings is 1. The predicted octanol–water partition coefficient (Wildman–Crippen LogP) is 3.19. The van der Waals surface area contributed by atoms with Crippen molar-refractivity contribution in [1.29, 1.82) is 0 Å². The topological polar surface area (TPSA) is 32.8 Å². The molecule has 1 atom stereocenters. The Bertz CT molecular complexity index is 579. The lowest BCUT2D eigenvalue weighted by molar-refractivity contribution is -0.140. The molecule has 136 valence electrons.